The van der Waals surface area contributed by atoms with Crippen LogP contribution in [-0.4, -0.2) is 11.1 Å². The Labute approximate surface area is 127 Å². The van der Waals surface area contributed by atoms with Crippen molar-refractivity contribution in [3.63, 3.8) is 0 Å². The third-order valence-corrected chi connectivity index (χ3v) is 2.95. The van der Waals surface area contributed by atoms with E-state index in [-0.39, 0.29) is 0 Å². The zero-order valence-corrected chi connectivity index (χ0v) is 11.9. The van der Waals surface area contributed by atoms with E-state index in [9.17, 15) is 4.79 Å². The highest BCUT2D eigenvalue weighted by molar-refractivity contribution is 6.30. The van der Waals surface area contributed by atoms with Crippen molar-refractivity contribution in [1.82, 2.24) is 5.48 Å². The molecule has 0 aromatic heterocycles. The van der Waals surface area contributed by atoms with Gasteiger partial charge in [-0.1, -0.05) is 35.9 Å². The Balaban J connectivity index is 1.93. The van der Waals surface area contributed by atoms with Gasteiger partial charge in [-0.15, -0.1) is 0 Å². The first kappa shape index (κ1) is 15.1. The second-order valence-corrected chi connectivity index (χ2v) is 4.73. The fraction of sp³-hybridized carbons (Fsp3) is 0.0625. The van der Waals surface area contributed by atoms with Gasteiger partial charge in [0.05, 0.1) is 0 Å². The molecule has 21 heavy (non-hydrogen) atoms. The van der Waals surface area contributed by atoms with Crippen LogP contribution in [0.1, 0.15) is 11.1 Å². The van der Waals surface area contributed by atoms with Crippen molar-refractivity contribution in [3.8, 4) is 5.75 Å². The number of amides is 1. The van der Waals surface area contributed by atoms with Crippen LogP contribution in [0.3, 0.4) is 0 Å². The molecule has 0 unspecified atom stereocenters. The largest absolute Gasteiger partial charge is 0.489 e. The molecular weight excluding hydrogens is 290 g/mol. The highest BCUT2D eigenvalue weighted by atomic mass is 35.5. The standard InChI is InChI=1S/C16H14ClNO3/c17-14-3-1-2-13(10-14)11-21-15-7-4-12(5-8-15)6-9-16(19)18-20/h1-10,20H,11H2,(H,18,19)/b9-6+. The normalized spacial score (nSPS) is 10.6. The van der Waals surface area contributed by atoms with Gasteiger partial charge in [0.15, 0.2) is 0 Å². The first-order valence-electron chi connectivity index (χ1n) is 6.27. The Bertz CT molecular complexity index is 638. The maximum atomic E-state index is 10.9. The van der Waals surface area contributed by atoms with Gasteiger partial charge < -0.3 is 4.74 Å². The molecule has 5 heteroatoms. The summed E-state index contributed by atoms with van der Waals surface area (Å²) in [5.74, 6) is 0.148. The first-order valence-corrected chi connectivity index (χ1v) is 6.64. The minimum atomic E-state index is -0.573. The lowest BCUT2D eigenvalue weighted by atomic mass is 10.2. The highest BCUT2D eigenvalue weighted by Gasteiger charge is 1.98. The molecule has 2 aromatic carbocycles. The van der Waals surface area contributed by atoms with E-state index in [0.717, 1.165) is 16.9 Å². The monoisotopic (exact) mass is 303 g/mol. The van der Waals surface area contributed by atoms with Gasteiger partial charge in [0.25, 0.3) is 5.91 Å². The van der Waals surface area contributed by atoms with Gasteiger partial charge in [0.2, 0.25) is 0 Å². The van der Waals surface area contributed by atoms with Gasteiger partial charge in [-0.3, -0.25) is 10.0 Å². The van der Waals surface area contributed by atoms with Crippen molar-refractivity contribution in [2.45, 2.75) is 6.61 Å². The van der Waals surface area contributed by atoms with Gasteiger partial charge in [-0.05, 0) is 41.5 Å². The molecule has 0 aliphatic heterocycles. The van der Waals surface area contributed by atoms with Crippen molar-refractivity contribution in [2.24, 2.45) is 0 Å². The SMILES string of the molecule is O=C(/C=C/c1ccc(OCc2cccc(Cl)c2)cc1)NO. The van der Waals surface area contributed by atoms with Crippen LogP contribution < -0.4 is 10.2 Å². The van der Waals surface area contributed by atoms with Gasteiger partial charge in [0, 0.05) is 11.1 Å². The van der Waals surface area contributed by atoms with Crippen LogP contribution in [0, 0.1) is 0 Å². The number of halogens is 1. The van der Waals surface area contributed by atoms with Crippen molar-refractivity contribution in [2.75, 3.05) is 0 Å². The summed E-state index contributed by atoms with van der Waals surface area (Å²) in [6.07, 6.45) is 2.83. The van der Waals surface area contributed by atoms with Crippen LogP contribution in [0.5, 0.6) is 5.75 Å². The van der Waals surface area contributed by atoms with E-state index < -0.39 is 5.91 Å². The smallest absolute Gasteiger partial charge is 0.267 e. The summed E-state index contributed by atoms with van der Waals surface area (Å²) in [6, 6.07) is 14.7. The minimum absolute atomic E-state index is 0.433. The molecule has 0 saturated carbocycles. The van der Waals surface area contributed by atoms with Crippen molar-refractivity contribution in [3.05, 3.63) is 70.8 Å². The molecule has 108 valence electrons. The number of hydrogen-bond acceptors (Lipinski definition) is 3. The van der Waals surface area contributed by atoms with Crippen LogP contribution in [0.15, 0.2) is 54.6 Å². The summed E-state index contributed by atoms with van der Waals surface area (Å²) in [6.45, 7) is 0.433. The molecule has 0 radical (unpaired) electrons. The average molecular weight is 304 g/mol. The summed E-state index contributed by atoms with van der Waals surface area (Å²) in [5.41, 5.74) is 3.35. The Morgan fingerprint density at radius 1 is 1.24 bits per heavy atom. The summed E-state index contributed by atoms with van der Waals surface area (Å²) in [5, 5.41) is 9.05. The molecule has 2 N–H and O–H groups in total. The lowest BCUT2D eigenvalue weighted by Crippen LogP contribution is -2.14. The summed E-state index contributed by atoms with van der Waals surface area (Å²) < 4.78 is 5.65. The quantitative estimate of drug-likeness (QED) is 0.505. The van der Waals surface area contributed by atoms with Gasteiger partial charge >= 0.3 is 0 Å². The van der Waals surface area contributed by atoms with E-state index in [2.05, 4.69) is 0 Å². The Hall–Kier alpha value is -2.30. The molecule has 1 amide bonds. The van der Waals surface area contributed by atoms with Crippen LogP contribution in [-0.2, 0) is 11.4 Å². The first-order chi connectivity index (χ1) is 10.2. The molecule has 0 bridgehead atoms. The predicted octanol–water partition coefficient (Wildman–Crippen LogP) is 3.44. The molecule has 0 aliphatic rings. The molecule has 4 nitrogen and oxygen atoms in total. The van der Waals surface area contributed by atoms with E-state index >= 15 is 0 Å². The van der Waals surface area contributed by atoms with Crippen LogP contribution >= 0.6 is 11.6 Å². The molecule has 2 rings (SSSR count). The lowest BCUT2D eigenvalue weighted by Gasteiger charge is -2.06. The molecular formula is C16H14ClNO3. The number of hydrogen-bond donors (Lipinski definition) is 2. The summed E-state index contributed by atoms with van der Waals surface area (Å²) >= 11 is 5.91. The third kappa shape index (κ3) is 4.95. The average Bonchev–Trinajstić information content (AvgIpc) is 2.51. The minimum Gasteiger partial charge on any atom is -0.489 e. The molecule has 0 spiro atoms. The number of ether oxygens (including phenoxy) is 1. The lowest BCUT2D eigenvalue weighted by molar-refractivity contribution is -0.124. The molecule has 2 aromatic rings. The summed E-state index contributed by atoms with van der Waals surface area (Å²) in [7, 11) is 0. The van der Waals surface area contributed by atoms with Crippen molar-refractivity contribution in [1.29, 1.82) is 0 Å². The number of benzene rings is 2. The Kier molecular flexibility index (Phi) is 5.37. The van der Waals surface area contributed by atoms with Gasteiger partial charge in [-0.2, -0.15) is 0 Å². The van der Waals surface area contributed by atoms with E-state index in [1.165, 1.54) is 11.6 Å². The van der Waals surface area contributed by atoms with Crippen LogP contribution in [0.4, 0.5) is 0 Å². The third-order valence-electron chi connectivity index (χ3n) is 2.71. The Morgan fingerprint density at radius 2 is 2.00 bits per heavy atom. The molecule has 0 fully saturated rings. The molecule has 0 saturated heterocycles. The second-order valence-electron chi connectivity index (χ2n) is 4.30. The topological polar surface area (TPSA) is 58.6 Å². The molecule has 0 atom stereocenters. The molecule has 0 aliphatic carbocycles. The summed E-state index contributed by atoms with van der Waals surface area (Å²) in [4.78, 5) is 10.9. The van der Waals surface area contributed by atoms with Crippen LogP contribution in [0.25, 0.3) is 6.08 Å². The number of rotatable bonds is 5. The highest BCUT2D eigenvalue weighted by Crippen LogP contribution is 2.16. The number of carbonyl (C=O) groups excluding carboxylic acids is 1. The predicted molar refractivity (Wildman–Crippen MR) is 81.2 cm³/mol. The fourth-order valence-corrected chi connectivity index (χ4v) is 1.89. The zero-order chi connectivity index (χ0) is 15.1. The van der Waals surface area contributed by atoms with Crippen molar-refractivity contribution >= 4 is 23.6 Å². The van der Waals surface area contributed by atoms with Crippen LogP contribution in [0.2, 0.25) is 5.02 Å². The van der Waals surface area contributed by atoms with E-state index in [1.54, 1.807) is 18.2 Å². The fourth-order valence-electron chi connectivity index (χ4n) is 1.68. The van der Waals surface area contributed by atoms with E-state index in [1.807, 2.05) is 36.4 Å². The van der Waals surface area contributed by atoms with Gasteiger partial charge in [-0.25, -0.2) is 5.48 Å². The maximum absolute atomic E-state index is 10.9. The second kappa shape index (κ2) is 7.47. The van der Waals surface area contributed by atoms with E-state index in [4.69, 9.17) is 21.5 Å². The number of carbonyl (C=O) groups is 1. The van der Waals surface area contributed by atoms with Gasteiger partial charge in [0.1, 0.15) is 12.4 Å². The maximum Gasteiger partial charge on any atom is 0.267 e. The van der Waals surface area contributed by atoms with E-state index in [0.29, 0.717) is 11.6 Å². The molecule has 0 heterocycles. The number of nitrogens with one attached hydrogen (secondary N) is 1. The number of hydroxylamine groups is 1. The Morgan fingerprint density at radius 3 is 2.67 bits per heavy atom. The zero-order valence-electron chi connectivity index (χ0n) is 11.1. The van der Waals surface area contributed by atoms with Crippen molar-refractivity contribution < 1.29 is 14.7 Å².